The minimum absolute atomic E-state index is 0.178. The Kier molecular flexibility index (Phi) is 8.99. The molecule has 0 saturated heterocycles. The van der Waals surface area contributed by atoms with E-state index in [2.05, 4.69) is 10.6 Å². The third-order valence-corrected chi connectivity index (χ3v) is 4.70. The second-order valence-corrected chi connectivity index (χ2v) is 6.98. The summed E-state index contributed by atoms with van der Waals surface area (Å²) in [6, 6.07) is 11.6. The van der Waals surface area contributed by atoms with Crippen LogP contribution < -0.4 is 24.8 Å². The van der Waals surface area contributed by atoms with Gasteiger partial charge < -0.3 is 29.7 Å². The predicted octanol–water partition coefficient (Wildman–Crippen LogP) is 3.31. The van der Waals surface area contributed by atoms with Crippen molar-refractivity contribution in [1.29, 1.82) is 0 Å². The van der Waals surface area contributed by atoms with E-state index < -0.39 is 12.1 Å². The molecule has 1 atom stereocenters. The minimum Gasteiger partial charge on any atom is -0.494 e. The number of ether oxygens (including phenoxy) is 3. The van der Waals surface area contributed by atoms with Crippen molar-refractivity contribution in [3.63, 3.8) is 0 Å². The van der Waals surface area contributed by atoms with Gasteiger partial charge in [0.2, 0.25) is 5.91 Å². The lowest BCUT2D eigenvalue weighted by molar-refractivity contribution is -0.131. The summed E-state index contributed by atoms with van der Waals surface area (Å²) >= 11 is 0. The van der Waals surface area contributed by atoms with Gasteiger partial charge in [-0.1, -0.05) is 6.07 Å². The first-order valence-electron chi connectivity index (χ1n) is 10.1. The summed E-state index contributed by atoms with van der Waals surface area (Å²) in [6.45, 7) is 4.64. The molecule has 0 aliphatic carbocycles. The van der Waals surface area contributed by atoms with Gasteiger partial charge >= 0.3 is 6.03 Å². The molecule has 0 radical (unpaired) electrons. The van der Waals surface area contributed by atoms with Crippen LogP contribution >= 0.6 is 0 Å². The molecule has 0 saturated carbocycles. The first-order valence-corrected chi connectivity index (χ1v) is 10.1. The Hall–Kier alpha value is -3.42. The van der Waals surface area contributed by atoms with Gasteiger partial charge in [-0.15, -0.1) is 0 Å². The number of hydrogen-bond donors (Lipinski definition) is 2. The molecule has 0 aromatic heterocycles. The lowest BCUT2D eigenvalue weighted by Crippen LogP contribution is -2.47. The molecular weight excluding hydrogens is 398 g/mol. The average Bonchev–Trinajstić information content (AvgIpc) is 2.78. The SMILES string of the molecule is CCOc1ccc(NC(=O)NC(C)C(=O)N(C)CCc2ccc(OC)c(OC)c2)cc1. The Balaban J connectivity index is 1.83. The molecule has 3 amide bonds. The number of rotatable bonds is 10. The van der Waals surface area contributed by atoms with Gasteiger partial charge in [0, 0.05) is 19.3 Å². The number of anilines is 1. The van der Waals surface area contributed by atoms with E-state index in [-0.39, 0.29) is 5.91 Å². The van der Waals surface area contributed by atoms with Gasteiger partial charge in [-0.25, -0.2) is 4.79 Å². The molecule has 31 heavy (non-hydrogen) atoms. The van der Waals surface area contributed by atoms with E-state index in [0.29, 0.717) is 36.8 Å². The number of benzene rings is 2. The van der Waals surface area contributed by atoms with Crippen LogP contribution in [0.3, 0.4) is 0 Å². The van der Waals surface area contributed by atoms with Crippen molar-refractivity contribution in [1.82, 2.24) is 10.2 Å². The van der Waals surface area contributed by atoms with Crippen molar-refractivity contribution < 1.29 is 23.8 Å². The summed E-state index contributed by atoms with van der Waals surface area (Å²) in [6.07, 6.45) is 0.647. The highest BCUT2D eigenvalue weighted by atomic mass is 16.5. The molecule has 0 bridgehead atoms. The molecule has 0 aliphatic rings. The van der Waals surface area contributed by atoms with E-state index in [1.165, 1.54) is 0 Å². The summed E-state index contributed by atoms with van der Waals surface area (Å²) in [4.78, 5) is 26.4. The van der Waals surface area contributed by atoms with E-state index in [9.17, 15) is 9.59 Å². The molecule has 2 aromatic rings. The molecule has 2 N–H and O–H groups in total. The van der Waals surface area contributed by atoms with Crippen molar-refractivity contribution in [3.8, 4) is 17.2 Å². The highest BCUT2D eigenvalue weighted by Crippen LogP contribution is 2.27. The molecule has 2 aromatic carbocycles. The molecule has 1 unspecified atom stereocenters. The van der Waals surface area contributed by atoms with Crippen molar-refractivity contribution in [2.75, 3.05) is 39.7 Å². The van der Waals surface area contributed by atoms with Gasteiger partial charge in [0.1, 0.15) is 11.8 Å². The van der Waals surface area contributed by atoms with Crippen LogP contribution in [-0.4, -0.2) is 57.3 Å². The van der Waals surface area contributed by atoms with Crippen molar-refractivity contribution >= 4 is 17.6 Å². The number of urea groups is 1. The summed E-state index contributed by atoms with van der Waals surface area (Å²) in [5, 5.41) is 5.39. The van der Waals surface area contributed by atoms with Gasteiger partial charge in [0.05, 0.1) is 20.8 Å². The van der Waals surface area contributed by atoms with Gasteiger partial charge in [0.25, 0.3) is 0 Å². The lowest BCUT2D eigenvalue weighted by atomic mass is 10.1. The Morgan fingerprint density at radius 3 is 2.32 bits per heavy atom. The van der Waals surface area contributed by atoms with Crippen LogP contribution in [0.5, 0.6) is 17.2 Å². The smallest absolute Gasteiger partial charge is 0.319 e. The highest BCUT2D eigenvalue weighted by molar-refractivity contribution is 5.93. The van der Waals surface area contributed by atoms with E-state index in [1.54, 1.807) is 57.4 Å². The second kappa shape index (κ2) is 11.7. The molecule has 0 aliphatic heterocycles. The van der Waals surface area contributed by atoms with Crippen LogP contribution in [0.1, 0.15) is 19.4 Å². The first kappa shape index (κ1) is 23.9. The molecule has 0 fully saturated rings. The fourth-order valence-electron chi connectivity index (χ4n) is 3.00. The van der Waals surface area contributed by atoms with Crippen LogP contribution in [-0.2, 0) is 11.2 Å². The normalized spacial score (nSPS) is 11.3. The quantitative estimate of drug-likeness (QED) is 0.605. The van der Waals surface area contributed by atoms with Crippen LogP contribution in [0.15, 0.2) is 42.5 Å². The molecule has 8 heteroatoms. The maximum absolute atomic E-state index is 12.6. The minimum atomic E-state index is -0.668. The Labute approximate surface area is 183 Å². The van der Waals surface area contributed by atoms with Gasteiger partial charge in [-0.2, -0.15) is 0 Å². The van der Waals surface area contributed by atoms with Crippen molar-refractivity contribution in [3.05, 3.63) is 48.0 Å². The van der Waals surface area contributed by atoms with Crippen LogP contribution in [0.4, 0.5) is 10.5 Å². The van der Waals surface area contributed by atoms with Crippen LogP contribution in [0.25, 0.3) is 0 Å². The number of likely N-dealkylation sites (N-methyl/N-ethyl adjacent to an activating group) is 1. The Morgan fingerprint density at radius 2 is 1.71 bits per heavy atom. The molecule has 0 spiro atoms. The van der Waals surface area contributed by atoms with Crippen LogP contribution in [0, 0.1) is 0 Å². The van der Waals surface area contributed by atoms with Crippen molar-refractivity contribution in [2.24, 2.45) is 0 Å². The summed E-state index contributed by atoms with van der Waals surface area (Å²) in [5.74, 6) is 1.86. The Bertz CT molecular complexity index is 870. The topological polar surface area (TPSA) is 89.1 Å². The zero-order valence-electron chi connectivity index (χ0n) is 18.7. The van der Waals surface area contributed by atoms with Crippen LogP contribution in [0.2, 0.25) is 0 Å². The van der Waals surface area contributed by atoms with Crippen molar-refractivity contribution in [2.45, 2.75) is 26.3 Å². The molecule has 8 nitrogen and oxygen atoms in total. The predicted molar refractivity (Wildman–Crippen MR) is 120 cm³/mol. The summed E-state index contributed by atoms with van der Waals surface area (Å²) < 4.78 is 15.9. The summed E-state index contributed by atoms with van der Waals surface area (Å²) in [5.41, 5.74) is 1.63. The fraction of sp³-hybridized carbons (Fsp3) is 0.391. The number of methoxy groups -OCH3 is 2. The number of nitrogens with zero attached hydrogens (tertiary/aromatic N) is 1. The Morgan fingerprint density at radius 1 is 1.03 bits per heavy atom. The average molecular weight is 430 g/mol. The number of nitrogens with one attached hydrogen (secondary N) is 2. The third-order valence-electron chi connectivity index (χ3n) is 4.70. The summed E-state index contributed by atoms with van der Waals surface area (Å²) in [7, 11) is 4.89. The number of carbonyl (C=O) groups excluding carboxylic acids is 2. The number of amides is 3. The standard InChI is InChI=1S/C23H31N3O5/c1-6-31-19-10-8-18(9-11-19)25-23(28)24-16(2)22(27)26(3)14-13-17-7-12-20(29-4)21(15-17)30-5/h7-12,15-16H,6,13-14H2,1-5H3,(H2,24,25,28). The maximum atomic E-state index is 12.6. The van der Waals surface area contributed by atoms with E-state index in [1.807, 2.05) is 25.1 Å². The van der Waals surface area contributed by atoms with Gasteiger partial charge in [-0.05, 0) is 62.2 Å². The number of carbonyl (C=O) groups is 2. The van der Waals surface area contributed by atoms with E-state index in [4.69, 9.17) is 14.2 Å². The second-order valence-electron chi connectivity index (χ2n) is 6.98. The zero-order valence-corrected chi connectivity index (χ0v) is 18.7. The molecular formula is C23H31N3O5. The first-order chi connectivity index (χ1) is 14.9. The molecule has 0 heterocycles. The largest absolute Gasteiger partial charge is 0.494 e. The van der Waals surface area contributed by atoms with E-state index in [0.717, 1.165) is 11.3 Å². The fourth-order valence-corrected chi connectivity index (χ4v) is 3.00. The van der Waals surface area contributed by atoms with Gasteiger partial charge in [-0.3, -0.25) is 4.79 Å². The van der Waals surface area contributed by atoms with Gasteiger partial charge in [0.15, 0.2) is 11.5 Å². The third kappa shape index (κ3) is 7.09. The highest BCUT2D eigenvalue weighted by Gasteiger charge is 2.19. The number of hydrogen-bond acceptors (Lipinski definition) is 5. The lowest BCUT2D eigenvalue weighted by Gasteiger charge is -2.22. The molecule has 2 rings (SSSR count). The zero-order chi connectivity index (χ0) is 22.8. The maximum Gasteiger partial charge on any atom is 0.319 e. The molecule has 168 valence electrons. The monoisotopic (exact) mass is 429 g/mol. The van der Waals surface area contributed by atoms with E-state index >= 15 is 0 Å².